The molecule has 0 saturated heterocycles. The average molecular weight is 317 g/mol. The first kappa shape index (κ1) is 12.9. The molecule has 0 bridgehead atoms. The number of aromatic nitrogens is 1. The van der Waals surface area contributed by atoms with Crippen LogP contribution >= 0.6 is 22.6 Å². The number of aryl methyl sites for hydroxylation is 1. The number of alkyl halides is 1. The highest BCUT2D eigenvalue weighted by molar-refractivity contribution is 14.1. The normalized spacial score (nSPS) is 13.0. The zero-order valence-electron chi connectivity index (χ0n) is 10.5. The lowest BCUT2D eigenvalue weighted by atomic mass is 9.87. The average Bonchev–Trinajstić information content (AvgIpc) is 1.99. The van der Waals surface area contributed by atoms with E-state index in [-0.39, 0.29) is 8.84 Å². The Kier molecular flexibility index (Phi) is 3.49. The maximum Gasteiger partial charge on any atom is 0.0588 e. The van der Waals surface area contributed by atoms with Crippen LogP contribution in [0.15, 0.2) is 12.3 Å². The fourth-order valence-electron chi connectivity index (χ4n) is 1.61. The Morgan fingerprint density at radius 3 is 2.00 bits per heavy atom. The third-order valence-electron chi connectivity index (χ3n) is 2.51. The summed E-state index contributed by atoms with van der Waals surface area (Å²) in [5, 5.41) is 0. The fraction of sp³-hybridized carbons (Fsp3) is 0.615. The van der Waals surface area contributed by atoms with E-state index in [0.717, 1.165) is 0 Å². The minimum Gasteiger partial charge on any atom is -0.259 e. The molecular formula is C13H20IN. The van der Waals surface area contributed by atoms with E-state index < -0.39 is 0 Å². The summed E-state index contributed by atoms with van der Waals surface area (Å²) in [4.78, 5) is 4.61. The smallest absolute Gasteiger partial charge is 0.0588 e. The summed E-state index contributed by atoms with van der Waals surface area (Å²) < 4.78 is 0.109. The van der Waals surface area contributed by atoms with Crippen molar-refractivity contribution in [1.82, 2.24) is 4.98 Å². The topological polar surface area (TPSA) is 12.9 Å². The van der Waals surface area contributed by atoms with Crippen LogP contribution in [-0.4, -0.2) is 4.98 Å². The molecule has 0 atom stereocenters. The fourth-order valence-corrected chi connectivity index (χ4v) is 2.17. The molecule has 1 rings (SSSR count). The van der Waals surface area contributed by atoms with Crippen LogP contribution in [0.1, 0.15) is 51.4 Å². The summed E-state index contributed by atoms with van der Waals surface area (Å²) >= 11 is 2.44. The van der Waals surface area contributed by atoms with Gasteiger partial charge in [-0.2, -0.15) is 0 Å². The molecule has 2 heteroatoms. The predicted molar refractivity (Wildman–Crippen MR) is 74.7 cm³/mol. The van der Waals surface area contributed by atoms with Crippen LogP contribution in [0.5, 0.6) is 0 Å². The van der Waals surface area contributed by atoms with E-state index in [1.54, 1.807) is 0 Å². The van der Waals surface area contributed by atoms with Crippen LogP contribution in [0.2, 0.25) is 0 Å². The number of pyridine rings is 1. The molecule has 1 aromatic heterocycles. The highest BCUT2D eigenvalue weighted by atomic mass is 127. The first-order valence-electron chi connectivity index (χ1n) is 5.29. The van der Waals surface area contributed by atoms with Crippen molar-refractivity contribution in [2.24, 2.45) is 0 Å². The second kappa shape index (κ2) is 4.04. The summed E-state index contributed by atoms with van der Waals surface area (Å²) in [6.45, 7) is 13.2. The Morgan fingerprint density at radius 1 is 1.13 bits per heavy atom. The van der Waals surface area contributed by atoms with Gasteiger partial charge in [0.25, 0.3) is 0 Å². The SMILES string of the molecule is Cc1cc(C(C)(C)C)cnc1C(C)(C)I. The molecule has 0 fully saturated rings. The lowest BCUT2D eigenvalue weighted by Crippen LogP contribution is -2.16. The number of rotatable bonds is 1. The van der Waals surface area contributed by atoms with Crippen molar-refractivity contribution in [3.8, 4) is 0 Å². The third kappa shape index (κ3) is 3.16. The Hall–Kier alpha value is -0.120. The lowest BCUT2D eigenvalue weighted by molar-refractivity contribution is 0.584. The monoisotopic (exact) mass is 317 g/mol. The van der Waals surface area contributed by atoms with E-state index in [2.05, 4.69) is 75.2 Å². The second-order valence-electron chi connectivity index (χ2n) is 5.61. The standard InChI is InChI=1S/C13H20IN/c1-9-7-10(12(2,3)4)8-15-11(9)13(5,6)14/h7-8H,1-6H3. The molecule has 0 aliphatic heterocycles. The van der Waals surface area contributed by atoms with Gasteiger partial charge in [0.1, 0.15) is 0 Å². The molecule has 0 N–H and O–H groups in total. The molecule has 15 heavy (non-hydrogen) atoms. The summed E-state index contributed by atoms with van der Waals surface area (Å²) in [6.07, 6.45) is 2.02. The minimum atomic E-state index is 0.109. The highest BCUT2D eigenvalue weighted by Crippen LogP contribution is 2.33. The Balaban J connectivity index is 3.21. The van der Waals surface area contributed by atoms with Crippen LogP contribution in [0.3, 0.4) is 0 Å². The molecule has 0 radical (unpaired) electrons. The van der Waals surface area contributed by atoms with Gasteiger partial charge in [0, 0.05) is 6.20 Å². The van der Waals surface area contributed by atoms with Gasteiger partial charge in [0.15, 0.2) is 0 Å². The summed E-state index contributed by atoms with van der Waals surface area (Å²) in [6, 6.07) is 2.27. The van der Waals surface area contributed by atoms with E-state index in [1.807, 2.05) is 6.20 Å². The lowest BCUT2D eigenvalue weighted by Gasteiger charge is -2.23. The van der Waals surface area contributed by atoms with Gasteiger partial charge in [0.05, 0.1) is 9.12 Å². The summed E-state index contributed by atoms with van der Waals surface area (Å²) in [5.41, 5.74) is 3.98. The first-order chi connectivity index (χ1) is 6.62. The molecule has 0 saturated carbocycles. The zero-order chi connectivity index (χ0) is 11.9. The third-order valence-corrected chi connectivity index (χ3v) is 3.02. The van der Waals surface area contributed by atoms with Crippen molar-refractivity contribution in [3.05, 3.63) is 29.1 Å². The Labute approximate surface area is 107 Å². The maximum atomic E-state index is 4.61. The van der Waals surface area contributed by atoms with Crippen LogP contribution in [0, 0.1) is 6.92 Å². The maximum absolute atomic E-state index is 4.61. The summed E-state index contributed by atoms with van der Waals surface area (Å²) in [5.74, 6) is 0. The van der Waals surface area contributed by atoms with E-state index in [0.29, 0.717) is 0 Å². The number of nitrogens with zero attached hydrogens (tertiary/aromatic N) is 1. The van der Waals surface area contributed by atoms with Gasteiger partial charge in [-0.15, -0.1) is 0 Å². The van der Waals surface area contributed by atoms with Gasteiger partial charge in [-0.1, -0.05) is 49.4 Å². The molecule has 0 spiro atoms. The first-order valence-corrected chi connectivity index (χ1v) is 6.37. The molecule has 0 aliphatic rings. The van der Waals surface area contributed by atoms with Crippen LogP contribution in [0.4, 0.5) is 0 Å². The van der Waals surface area contributed by atoms with Gasteiger partial charge in [-0.25, -0.2) is 0 Å². The van der Waals surface area contributed by atoms with E-state index >= 15 is 0 Å². The van der Waals surface area contributed by atoms with Crippen molar-refractivity contribution >= 4 is 22.6 Å². The second-order valence-corrected chi connectivity index (χ2v) is 8.31. The Morgan fingerprint density at radius 2 is 1.67 bits per heavy atom. The number of hydrogen-bond donors (Lipinski definition) is 0. The van der Waals surface area contributed by atoms with Crippen LogP contribution in [0.25, 0.3) is 0 Å². The van der Waals surface area contributed by atoms with Crippen molar-refractivity contribution in [2.75, 3.05) is 0 Å². The molecule has 1 aromatic rings. The van der Waals surface area contributed by atoms with E-state index in [9.17, 15) is 0 Å². The number of hydrogen-bond acceptors (Lipinski definition) is 1. The molecule has 84 valence electrons. The van der Waals surface area contributed by atoms with E-state index in [1.165, 1.54) is 16.8 Å². The molecule has 0 aromatic carbocycles. The van der Waals surface area contributed by atoms with E-state index in [4.69, 9.17) is 0 Å². The van der Waals surface area contributed by atoms with Crippen molar-refractivity contribution < 1.29 is 0 Å². The highest BCUT2D eigenvalue weighted by Gasteiger charge is 2.22. The molecule has 0 unspecified atom stereocenters. The van der Waals surface area contributed by atoms with Crippen molar-refractivity contribution in [1.29, 1.82) is 0 Å². The van der Waals surface area contributed by atoms with Gasteiger partial charge in [0.2, 0.25) is 0 Å². The van der Waals surface area contributed by atoms with Crippen LogP contribution < -0.4 is 0 Å². The van der Waals surface area contributed by atoms with Crippen molar-refractivity contribution in [2.45, 2.75) is 50.4 Å². The molecular weight excluding hydrogens is 297 g/mol. The van der Waals surface area contributed by atoms with Gasteiger partial charge < -0.3 is 0 Å². The summed E-state index contributed by atoms with van der Waals surface area (Å²) in [7, 11) is 0. The molecule has 1 nitrogen and oxygen atoms in total. The Bertz CT molecular complexity index is 356. The van der Waals surface area contributed by atoms with Crippen LogP contribution in [-0.2, 0) is 8.84 Å². The number of halogens is 1. The molecule has 0 amide bonds. The zero-order valence-corrected chi connectivity index (χ0v) is 12.6. The predicted octanol–water partition coefficient (Wildman–Crippen LogP) is 4.36. The van der Waals surface area contributed by atoms with Gasteiger partial charge in [-0.3, -0.25) is 4.98 Å². The van der Waals surface area contributed by atoms with Crippen molar-refractivity contribution in [3.63, 3.8) is 0 Å². The van der Waals surface area contributed by atoms with Gasteiger partial charge in [-0.05, 0) is 37.3 Å². The largest absolute Gasteiger partial charge is 0.259 e. The minimum absolute atomic E-state index is 0.109. The van der Waals surface area contributed by atoms with Gasteiger partial charge >= 0.3 is 0 Å². The quantitative estimate of drug-likeness (QED) is 0.554. The molecule has 0 aliphatic carbocycles. The molecule has 1 heterocycles.